The zero-order chi connectivity index (χ0) is 19.7. The fourth-order valence-corrected chi connectivity index (χ4v) is 1.91. The van der Waals surface area contributed by atoms with Crippen LogP contribution in [0.3, 0.4) is 0 Å². The fourth-order valence-electron chi connectivity index (χ4n) is 1.91. The molecule has 9 nitrogen and oxygen atoms in total. The van der Waals surface area contributed by atoms with Crippen LogP contribution in [-0.4, -0.2) is 53.7 Å². The van der Waals surface area contributed by atoms with E-state index in [0.717, 1.165) is 0 Å². The number of nitro groups is 1. The van der Waals surface area contributed by atoms with Crippen molar-refractivity contribution in [3.05, 3.63) is 46.0 Å². The quantitative estimate of drug-likeness (QED) is 0.401. The summed E-state index contributed by atoms with van der Waals surface area (Å²) in [4.78, 5) is 46.5. The van der Waals surface area contributed by atoms with E-state index >= 15 is 0 Å². The van der Waals surface area contributed by atoms with Crippen molar-refractivity contribution in [1.82, 2.24) is 15.5 Å². The highest BCUT2D eigenvalue weighted by molar-refractivity contribution is 5.94. The molecule has 0 saturated carbocycles. The van der Waals surface area contributed by atoms with Crippen molar-refractivity contribution in [2.24, 2.45) is 0 Å². The van der Waals surface area contributed by atoms with Gasteiger partial charge >= 0.3 is 0 Å². The zero-order valence-corrected chi connectivity index (χ0v) is 14.9. The first-order valence-corrected chi connectivity index (χ1v) is 7.92. The van der Waals surface area contributed by atoms with Crippen LogP contribution in [0.4, 0.5) is 5.69 Å². The Balaban J connectivity index is 2.44. The summed E-state index contributed by atoms with van der Waals surface area (Å²) in [6.07, 6.45) is 2.70. The first kappa shape index (κ1) is 20.8. The summed E-state index contributed by atoms with van der Waals surface area (Å²) < 4.78 is 0. The summed E-state index contributed by atoms with van der Waals surface area (Å²) >= 11 is 0. The lowest BCUT2D eigenvalue weighted by molar-refractivity contribution is -0.384. The van der Waals surface area contributed by atoms with Gasteiger partial charge in [0.15, 0.2) is 0 Å². The molecule has 0 spiro atoms. The highest BCUT2D eigenvalue weighted by atomic mass is 16.6. The minimum absolute atomic E-state index is 0.0183. The zero-order valence-electron chi connectivity index (χ0n) is 14.9. The van der Waals surface area contributed by atoms with E-state index in [0.29, 0.717) is 5.56 Å². The number of non-ortho nitro benzene ring substituents is 1. The minimum Gasteiger partial charge on any atom is -0.352 e. The van der Waals surface area contributed by atoms with Gasteiger partial charge in [0.05, 0.1) is 18.0 Å². The average Bonchev–Trinajstić information content (AvgIpc) is 2.57. The highest BCUT2D eigenvalue weighted by Crippen LogP contribution is 2.12. The molecule has 0 radical (unpaired) electrons. The second kappa shape index (κ2) is 9.92. The Morgan fingerprint density at radius 1 is 1.23 bits per heavy atom. The van der Waals surface area contributed by atoms with Gasteiger partial charge in [0.2, 0.25) is 17.7 Å². The predicted molar refractivity (Wildman–Crippen MR) is 96.1 cm³/mol. The number of benzene rings is 1. The molecular weight excluding hydrogens is 340 g/mol. The maximum Gasteiger partial charge on any atom is 0.269 e. The first-order chi connectivity index (χ1) is 12.2. The van der Waals surface area contributed by atoms with Crippen molar-refractivity contribution in [3.8, 4) is 0 Å². The molecule has 0 aromatic heterocycles. The van der Waals surface area contributed by atoms with E-state index in [9.17, 15) is 24.5 Å². The van der Waals surface area contributed by atoms with Crippen LogP contribution in [0.2, 0.25) is 0 Å². The van der Waals surface area contributed by atoms with Gasteiger partial charge in [-0.25, -0.2) is 0 Å². The molecule has 1 aromatic carbocycles. The maximum atomic E-state index is 11.9. The molecule has 2 N–H and O–H groups in total. The maximum absolute atomic E-state index is 11.9. The van der Waals surface area contributed by atoms with E-state index < -0.39 is 16.7 Å². The van der Waals surface area contributed by atoms with Crippen molar-refractivity contribution >= 4 is 29.5 Å². The van der Waals surface area contributed by atoms with Gasteiger partial charge in [-0.3, -0.25) is 24.5 Å². The van der Waals surface area contributed by atoms with Gasteiger partial charge < -0.3 is 15.5 Å². The lowest BCUT2D eigenvalue weighted by atomic mass is 10.2. The number of rotatable bonds is 8. The molecule has 0 aliphatic heterocycles. The van der Waals surface area contributed by atoms with Crippen molar-refractivity contribution in [3.63, 3.8) is 0 Å². The molecule has 9 heteroatoms. The van der Waals surface area contributed by atoms with Crippen molar-refractivity contribution in [1.29, 1.82) is 0 Å². The summed E-state index contributed by atoms with van der Waals surface area (Å²) in [5.74, 6) is -1.17. The summed E-state index contributed by atoms with van der Waals surface area (Å²) in [7, 11) is 1.47. The number of amides is 3. The molecule has 3 amide bonds. The minimum atomic E-state index is -0.510. The summed E-state index contributed by atoms with van der Waals surface area (Å²) in [5, 5.41) is 15.7. The lowest BCUT2D eigenvalue weighted by Crippen LogP contribution is -2.44. The Bertz CT molecular complexity index is 698. The third-order valence-electron chi connectivity index (χ3n) is 3.20. The van der Waals surface area contributed by atoms with Gasteiger partial charge in [-0.2, -0.15) is 0 Å². The first-order valence-electron chi connectivity index (χ1n) is 7.92. The third-order valence-corrected chi connectivity index (χ3v) is 3.20. The molecule has 1 aromatic rings. The summed E-state index contributed by atoms with van der Waals surface area (Å²) in [5.41, 5.74) is 0.571. The number of hydrogen-bond acceptors (Lipinski definition) is 5. The monoisotopic (exact) mass is 362 g/mol. The molecule has 0 saturated heterocycles. The van der Waals surface area contributed by atoms with E-state index in [4.69, 9.17) is 0 Å². The van der Waals surface area contributed by atoms with E-state index in [-0.39, 0.29) is 30.7 Å². The molecule has 0 fully saturated rings. The van der Waals surface area contributed by atoms with E-state index in [1.165, 1.54) is 48.4 Å². The average molecular weight is 362 g/mol. The molecule has 0 aliphatic rings. The van der Waals surface area contributed by atoms with Crippen molar-refractivity contribution < 1.29 is 19.3 Å². The summed E-state index contributed by atoms with van der Waals surface area (Å²) in [6, 6.07) is 5.66. The second-order valence-electron chi connectivity index (χ2n) is 5.87. The van der Waals surface area contributed by atoms with Crippen molar-refractivity contribution in [2.45, 2.75) is 19.9 Å². The van der Waals surface area contributed by atoms with Gasteiger partial charge in [-0.15, -0.1) is 0 Å². The van der Waals surface area contributed by atoms with Gasteiger partial charge in [0.25, 0.3) is 5.69 Å². The van der Waals surface area contributed by atoms with Gasteiger partial charge in [0, 0.05) is 31.3 Å². The summed E-state index contributed by atoms with van der Waals surface area (Å²) in [6.45, 7) is 3.30. The smallest absolute Gasteiger partial charge is 0.269 e. The fraction of sp³-hybridized carbons (Fsp3) is 0.353. The van der Waals surface area contributed by atoms with E-state index in [2.05, 4.69) is 10.6 Å². The van der Waals surface area contributed by atoms with Crippen LogP contribution in [0.5, 0.6) is 0 Å². The van der Waals surface area contributed by atoms with Gasteiger partial charge in [-0.05, 0) is 37.6 Å². The van der Waals surface area contributed by atoms with Crippen LogP contribution in [0.15, 0.2) is 30.3 Å². The number of carbonyl (C=O) groups excluding carboxylic acids is 3. The predicted octanol–water partition coefficient (Wildman–Crippen LogP) is 0.707. The number of carbonyl (C=O) groups is 3. The molecule has 0 aliphatic carbocycles. The molecule has 26 heavy (non-hydrogen) atoms. The molecule has 140 valence electrons. The van der Waals surface area contributed by atoms with Gasteiger partial charge in [0.1, 0.15) is 0 Å². The molecule has 0 heterocycles. The second-order valence-corrected chi connectivity index (χ2v) is 5.87. The van der Waals surface area contributed by atoms with Crippen LogP contribution >= 0.6 is 0 Å². The number of nitro benzene ring substituents is 1. The topological polar surface area (TPSA) is 122 Å². The van der Waals surface area contributed by atoms with Gasteiger partial charge in [-0.1, -0.05) is 0 Å². The molecule has 0 unspecified atom stereocenters. The van der Waals surface area contributed by atoms with Crippen LogP contribution in [0, 0.1) is 10.1 Å². The number of likely N-dealkylation sites (N-methyl/N-ethyl adjacent to an activating group) is 1. The largest absolute Gasteiger partial charge is 0.352 e. The van der Waals surface area contributed by atoms with E-state index in [1.54, 1.807) is 0 Å². The number of hydrogen-bond donors (Lipinski definition) is 2. The highest BCUT2D eigenvalue weighted by Gasteiger charge is 2.13. The Morgan fingerprint density at radius 2 is 1.85 bits per heavy atom. The SMILES string of the molecule is CC(C)NC(=O)CN(C)C(=O)CNC(=O)/C=C/c1ccc([N+](=O)[O-])cc1. The van der Waals surface area contributed by atoms with E-state index in [1.807, 2.05) is 13.8 Å². The Kier molecular flexibility index (Phi) is 7.94. The standard InChI is InChI=1S/C17H22N4O5/c1-12(2)19-16(23)11-20(3)17(24)10-18-15(22)9-6-13-4-7-14(8-5-13)21(25)26/h4-9,12H,10-11H2,1-3H3,(H,18,22)(H,19,23)/b9-6+. The normalized spacial score (nSPS) is 10.6. The molecular formula is C17H22N4O5. The molecule has 0 atom stereocenters. The Morgan fingerprint density at radius 3 is 2.38 bits per heavy atom. The van der Waals surface area contributed by atoms with Crippen LogP contribution in [0.25, 0.3) is 6.08 Å². The number of nitrogens with one attached hydrogen (secondary N) is 2. The lowest BCUT2D eigenvalue weighted by Gasteiger charge is -2.17. The van der Waals surface area contributed by atoms with Crippen LogP contribution in [0.1, 0.15) is 19.4 Å². The Labute approximate surface area is 151 Å². The molecule has 1 rings (SSSR count). The van der Waals surface area contributed by atoms with Crippen molar-refractivity contribution in [2.75, 3.05) is 20.1 Å². The number of nitrogens with zero attached hydrogens (tertiary/aromatic N) is 2. The van der Waals surface area contributed by atoms with Crippen LogP contribution < -0.4 is 10.6 Å². The van der Waals surface area contributed by atoms with Crippen LogP contribution in [-0.2, 0) is 14.4 Å². The molecule has 0 bridgehead atoms. The Hall–Kier alpha value is -3.23. The third kappa shape index (κ3) is 7.56.